The fraction of sp³-hybridized carbons (Fsp3) is 0.636. The number of nitrogens with zero attached hydrogens (tertiary/aromatic N) is 2. The van der Waals surface area contributed by atoms with Crippen LogP contribution in [0.15, 0.2) is 23.1 Å². The summed E-state index contributed by atoms with van der Waals surface area (Å²) in [7, 11) is -3.82. The molecule has 10 nitrogen and oxygen atoms in total. The molecule has 33 heavy (non-hydrogen) atoms. The quantitative estimate of drug-likeness (QED) is 0.396. The number of ether oxygens (including phenoxy) is 2. The van der Waals surface area contributed by atoms with Crippen molar-refractivity contribution in [1.29, 1.82) is 0 Å². The van der Waals surface area contributed by atoms with Crippen LogP contribution in [0.3, 0.4) is 0 Å². The summed E-state index contributed by atoms with van der Waals surface area (Å²) in [6, 6.07) is 5.27. The predicted molar refractivity (Wildman–Crippen MR) is 122 cm³/mol. The van der Waals surface area contributed by atoms with E-state index in [1.165, 1.54) is 4.31 Å². The highest BCUT2D eigenvalue weighted by molar-refractivity contribution is 7.89. The minimum Gasteiger partial charge on any atom is -0.379 e. The highest BCUT2D eigenvalue weighted by Crippen LogP contribution is 2.25. The molecule has 11 heteroatoms. The number of benzene rings is 1. The molecule has 3 rings (SSSR count). The van der Waals surface area contributed by atoms with Gasteiger partial charge in [0, 0.05) is 26.2 Å². The highest BCUT2D eigenvalue weighted by atomic mass is 32.2. The first-order valence-electron chi connectivity index (χ1n) is 11.4. The molecular weight excluding hydrogens is 448 g/mol. The van der Waals surface area contributed by atoms with Gasteiger partial charge >= 0.3 is 11.8 Å². The lowest BCUT2D eigenvalue weighted by atomic mass is 10.2. The number of sulfonamides is 1. The average Bonchev–Trinajstić information content (AvgIpc) is 2.82. The van der Waals surface area contributed by atoms with Gasteiger partial charge in [0.05, 0.1) is 31.3 Å². The molecule has 2 aliphatic rings. The minimum atomic E-state index is -3.82. The van der Waals surface area contributed by atoms with Gasteiger partial charge in [0.2, 0.25) is 10.0 Å². The molecule has 2 amide bonds. The lowest BCUT2D eigenvalue weighted by Gasteiger charge is -2.35. The van der Waals surface area contributed by atoms with E-state index in [2.05, 4.69) is 15.5 Å². The van der Waals surface area contributed by atoms with Gasteiger partial charge in [-0.05, 0) is 50.4 Å². The van der Waals surface area contributed by atoms with Crippen molar-refractivity contribution >= 4 is 21.8 Å². The molecule has 2 fully saturated rings. The van der Waals surface area contributed by atoms with Gasteiger partial charge < -0.3 is 20.1 Å². The van der Waals surface area contributed by atoms with E-state index in [4.69, 9.17) is 9.47 Å². The van der Waals surface area contributed by atoms with Crippen LogP contribution in [0, 0.1) is 13.8 Å². The van der Waals surface area contributed by atoms with E-state index in [0.29, 0.717) is 38.3 Å². The Kier molecular flexibility index (Phi) is 9.21. The second-order valence-electron chi connectivity index (χ2n) is 8.34. The molecule has 0 spiro atoms. The Balaban J connectivity index is 1.50. The molecule has 184 valence electrons. The van der Waals surface area contributed by atoms with Gasteiger partial charge in [-0.2, -0.15) is 4.31 Å². The summed E-state index contributed by atoms with van der Waals surface area (Å²) >= 11 is 0. The highest BCUT2D eigenvalue weighted by Gasteiger charge is 2.35. The Hall–Kier alpha value is -2.05. The third kappa shape index (κ3) is 6.97. The molecule has 0 saturated carbocycles. The Morgan fingerprint density at radius 1 is 1.06 bits per heavy atom. The SMILES string of the molecule is Cc1ccc(C)c(S(=O)(=O)N2CCCO[C@@H]2CNC(=O)C(=O)NCCCN2CCOCC2)c1. The topological polar surface area (TPSA) is 117 Å². The first-order chi connectivity index (χ1) is 15.8. The van der Waals surface area contributed by atoms with Gasteiger partial charge in [0.1, 0.15) is 6.23 Å². The molecule has 0 aromatic heterocycles. The van der Waals surface area contributed by atoms with Gasteiger partial charge in [-0.1, -0.05) is 12.1 Å². The zero-order valence-electron chi connectivity index (χ0n) is 19.3. The molecule has 0 bridgehead atoms. The van der Waals surface area contributed by atoms with Gasteiger partial charge in [-0.15, -0.1) is 0 Å². The maximum absolute atomic E-state index is 13.3. The minimum absolute atomic E-state index is 0.107. The van der Waals surface area contributed by atoms with Crippen molar-refractivity contribution in [3.63, 3.8) is 0 Å². The van der Waals surface area contributed by atoms with Crippen molar-refractivity contribution < 1.29 is 27.5 Å². The number of nitrogens with one attached hydrogen (secondary N) is 2. The zero-order valence-corrected chi connectivity index (χ0v) is 20.2. The van der Waals surface area contributed by atoms with Crippen LogP contribution in [0.2, 0.25) is 0 Å². The molecule has 1 aromatic rings. The van der Waals surface area contributed by atoms with Gasteiger partial charge in [0.15, 0.2) is 0 Å². The maximum atomic E-state index is 13.3. The Bertz CT molecular complexity index is 933. The number of aryl methyl sites for hydroxylation is 2. The van der Waals surface area contributed by atoms with Gasteiger partial charge in [-0.25, -0.2) is 8.42 Å². The predicted octanol–water partition coefficient (Wildman–Crippen LogP) is -0.00476. The van der Waals surface area contributed by atoms with E-state index in [0.717, 1.165) is 31.6 Å². The normalized spacial score (nSPS) is 20.4. The molecular formula is C22H34N4O6S. The summed E-state index contributed by atoms with van der Waals surface area (Å²) in [4.78, 5) is 26.8. The van der Waals surface area contributed by atoms with Crippen molar-refractivity contribution in [3.8, 4) is 0 Å². The smallest absolute Gasteiger partial charge is 0.309 e. The summed E-state index contributed by atoms with van der Waals surface area (Å²) in [6.45, 7) is 8.53. The summed E-state index contributed by atoms with van der Waals surface area (Å²) in [5, 5.41) is 5.12. The molecule has 0 radical (unpaired) electrons. The summed E-state index contributed by atoms with van der Waals surface area (Å²) < 4.78 is 38.8. The number of morpholine rings is 1. The molecule has 2 heterocycles. The van der Waals surface area contributed by atoms with Crippen LogP contribution in [0.5, 0.6) is 0 Å². The van der Waals surface area contributed by atoms with E-state index in [1.807, 2.05) is 13.0 Å². The van der Waals surface area contributed by atoms with Crippen molar-refractivity contribution in [2.75, 3.05) is 59.1 Å². The van der Waals surface area contributed by atoms with Crippen LogP contribution in [-0.4, -0.2) is 94.8 Å². The van der Waals surface area contributed by atoms with Crippen LogP contribution in [0.1, 0.15) is 24.0 Å². The number of carbonyl (C=O) groups excluding carboxylic acids is 2. The molecule has 0 aliphatic carbocycles. The van der Waals surface area contributed by atoms with Crippen molar-refractivity contribution in [1.82, 2.24) is 19.8 Å². The number of rotatable bonds is 8. The van der Waals surface area contributed by atoms with E-state index >= 15 is 0 Å². The third-order valence-corrected chi connectivity index (χ3v) is 7.80. The lowest BCUT2D eigenvalue weighted by molar-refractivity contribution is -0.140. The van der Waals surface area contributed by atoms with Crippen LogP contribution >= 0.6 is 0 Å². The molecule has 2 aliphatic heterocycles. The first-order valence-corrected chi connectivity index (χ1v) is 12.8. The maximum Gasteiger partial charge on any atom is 0.309 e. The number of carbonyl (C=O) groups is 2. The molecule has 2 saturated heterocycles. The fourth-order valence-corrected chi connectivity index (χ4v) is 5.76. The van der Waals surface area contributed by atoms with Crippen LogP contribution in [0.4, 0.5) is 0 Å². The molecule has 2 N–H and O–H groups in total. The van der Waals surface area contributed by atoms with Crippen LogP contribution < -0.4 is 10.6 Å². The van der Waals surface area contributed by atoms with E-state index < -0.39 is 28.1 Å². The Labute approximate surface area is 195 Å². The first kappa shape index (κ1) is 25.6. The lowest BCUT2D eigenvalue weighted by Crippen LogP contribution is -2.53. The van der Waals surface area contributed by atoms with Gasteiger partial charge in [0.25, 0.3) is 0 Å². The Morgan fingerprint density at radius 2 is 1.79 bits per heavy atom. The third-order valence-electron chi connectivity index (χ3n) is 5.77. The summed E-state index contributed by atoms with van der Waals surface area (Å²) in [6.07, 6.45) is 0.409. The molecule has 1 aromatic carbocycles. The fourth-order valence-electron chi connectivity index (χ4n) is 3.88. The largest absolute Gasteiger partial charge is 0.379 e. The number of hydrogen-bond donors (Lipinski definition) is 2. The number of amides is 2. The second-order valence-corrected chi connectivity index (χ2v) is 10.2. The summed E-state index contributed by atoms with van der Waals surface area (Å²) in [5.41, 5.74) is 1.48. The summed E-state index contributed by atoms with van der Waals surface area (Å²) in [5.74, 6) is -1.55. The van der Waals surface area contributed by atoms with E-state index in [-0.39, 0.29) is 18.0 Å². The standard InChI is InChI=1S/C22H34N4O6S/c1-17-5-6-18(2)19(15-17)33(29,30)26-9-4-12-32-20(26)16-24-22(28)21(27)23-7-3-8-25-10-13-31-14-11-25/h5-6,15,20H,3-4,7-14,16H2,1-2H3,(H,23,27)(H,24,28)/t20-/m1/s1. The monoisotopic (exact) mass is 482 g/mol. The molecule has 0 unspecified atom stereocenters. The second kappa shape index (κ2) is 11.9. The van der Waals surface area contributed by atoms with Crippen LogP contribution in [-0.2, 0) is 29.1 Å². The van der Waals surface area contributed by atoms with Crippen LogP contribution in [0.25, 0.3) is 0 Å². The van der Waals surface area contributed by atoms with E-state index in [1.54, 1.807) is 19.1 Å². The van der Waals surface area contributed by atoms with Crippen molar-refractivity contribution in [2.45, 2.75) is 37.8 Å². The van der Waals surface area contributed by atoms with Gasteiger partial charge in [-0.3, -0.25) is 14.5 Å². The van der Waals surface area contributed by atoms with E-state index in [9.17, 15) is 18.0 Å². The number of hydrogen-bond acceptors (Lipinski definition) is 7. The van der Waals surface area contributed by atoms with Crippen molar-refractivity contribution in [2.24, 2.45) is 0 Å². The van der Waals surface area contributed by atoms with Crippen molar-refractivity contribution in [3.05, 3.63) is 29.3 Å². The zero-order chi connectivity index (χ0) is 23.8. The Morgan fingerprint density at radius 3 is 2.55 bits per heavy atom. The average molecular weight is 483 g/mol. The molecule has 1 atom stereocenters.